The van der Waals surface area contributed by atoms with Crippen LogP contribution in [0.5, 0.6) is 11.5 Å². The first-order valence-corrected chi connectivity index (χ1v) is 8.88. The molecule has 134 valence electrons. The molecule has 1 unspecified atom stereocenters. The van der Waals surface area contributed by atoms with Crippen LogP contribution in [0.1, 0.15) is 49.5 Å². The van der Waals surface area contributed by atoms with Gasteiger partial charge in [0.05, 0.1) is 5.56 Å². The number of allylic oxidation sites excluding steroid dienone is 2. The second kappa shape index (κ2) is 7.61. The zero-order valence-corrected chi connectivity index (χ0v) is 15.5. The van der Waals surface area contributed by atoms with Gasteiger partial charge in [0.25, 0.3) is 0 Å². The van der Waals surface area contributed by atoms with Gasteiger partial charge in [0.15, 0.2) is 0 Å². The number of carbonyl (C=O) groups is 1. The SMILES string of the molecule is CC(C)=CCCC1(C)C=Cc2cc(OC(=O)c3ccccc3)ccc2O1. The number of fused-ring (bicyclic) bond motifs is 1. The average molecular weight is 348 g/mol. The molecule has 0 saturated carbocycles. The van der Waals surface area contributed by atoms with E-state index in [0.717, 1.165) is 24.2 Å². The Hall–Kier alpha value is -2.81. The first-order chi connectivity index (χ1) is 12.5. The van der Waals surface area contributed by atoms with Crippen molar-refractivity contribution in [3.05, 3.63) is 77.4 Å². The van der Waals surface area contributed by atoms with E-state index < -0.39 is 0 Å². The predicted molar refractivity (Wildman–Crippen MR) is 105 cm³/mol. The minimum absolute atomic E-state index is 0.318. The number of ether oxygens (including phenoxy) is 2. The van der Waals surface area contributed by atoms with Crippen molar-refractivity contribution in [1.29, 1.82) is 0 Å². The van der Waals surface area contributed by atoms with Gasteiger partial charge in [-0.2, -0.15) is 0 Å². The van der Waals surface area contributed by atoms with E-state index in [-0.39, 0.29) is 11.6 Å². The van der Waals surface area contributed by atoms with Crippen molar-refractivity contribution in [1.82, 2.24) is 0 Å². The fraction of sp³-hybridized carbons (Fsp3) is 0.261. The molecule has 1 aliphatic rings. The van der Waals surface area contributed by atoms with Gasteiger partial charge < -0.3 is 9.47 Å². The summed E-state index contributed by atoms with van der Waals surface area (Å²) in [5.41, 5.74) is 2.45. The predicted octanol–water partition coefficient (Wildman–Crippen LogP) is 5.82. The number of esters is 1. The summed E-state index contributed by atoms with van der Waals surface area (Å²) in [6, 6.07) is 14.4. The molecule has 0 N–H and O–H groups in total. The van der Waals surface area contributed by atoms with Crippen LogP contribution in [0.15, 0.2) is 66.3 Å². The fourth-order valence-electron chi connectivity index (χ4n) is 2.89. The van der Waals surface area contributed by atoms with Crippen LogP contribution in [-0.4, -0.2) is 11.6 Å². The molecule has 1 atom stereocenters. The maximum absolute atomic E-state index is 12.2. The fourth-order valence-corrected chi connectivity index (χ4v) is 2.89. The van der Waals surface area contributed by atoms with E-state index in [1.807, 2.05) is 36.4 Å². The molecule has 3 rings (SSSR count). The van der Waals surface area contributed by atoms with Crippen molar-refractivity contribution < 1.29 is 14.3 Å². The van der Waals surface area contributed by atoms with Gasteiger partial charge in [-0.1, -0.05) is 35.9 Å². The molecular weight excluding hydrogens is 324 g/mol. The highest BCUT2D eigenvalue weighted by Gasteiger charge is 2.27. The van der Waals surface area contributed by atoms with Crippen molar-refractivity contribution in [3.8, 4) is 11.5 Å². The Morgan fingerprint density at radius 2 is 1.92 bits per heavy atom. The van der Waals surface area contributed by atoms with Crippen LogP contribution in [0.2, 0.25) is 0 Å². The Morgan fingerprint density at radius 3 is 2.65 bits per heavy atom. The summed E-state index contributed by atoms with van der Waals surface area (Å²) in [5, 5.41) is 0. The molecule has 3 heteroatoms. The number of carbonyl (C=O) groups excluding carboxylic acids is 1. The molecule has 0 spiro atoms. The van der Waals surface area contributed by atoms with Gasteiger partial charge in [0.1, 0.15) is 17.1 Å². The summed E-state index contributed by atoms with van der Waals surface area (Å²) in [6.45, 7) is 6.30. The van der Waals surface area contributed by atoms with Crippen LogP contribution in [0.4, 0.5) is 0 Å². The number of benzene rings is 2. The van der Waals surface area contributed by atoms with Gasteiger partial charge in [-0.3, -0.25) is 0 Å². The van der Waals surface area contributed by atoms with Crippen LogP contribution in [0.25, 0.3) is 6.08 Å². The lowest BCUT2D eigenvalue weighted by Gasteiger charge is -2.31. The molecule has 0 aliphatic carbocycles. The molecule has 1 heterocycles. The normalized spacial score (nSPS) is 17.8. The quantitative estimate of drug-likeness (QED) is 0.388. The molecule has 2 aromatic carbocycles. The maximum Gasteiger partial charge on any atom is 0.343 e. The van der Waals surface area contributed by atoms with Crippen molar-refractivity contribution in [2.24, 2.45) is 0 Å². The van der Waals surface area contributed by atoms with Crippen molar-refractivity contribution in [2.75, 3.05) is 0 Å². The first-order valence-electron chi connectivity index (χ1n) is 8.88. The molecule has 1 aliphatic heterocycles. The minimum atomic E-state index is -0.363. The topological polar surface area (TPSA) is 35.5 Å². The van der Waals surface area contributed by atoms with Gasteiger partial charge in [-0.25, -0.2) is 4.79 Å². The highest BCUT2D eigenvalue weighted by molar-refractivity contribution is 5.91. The average Bonchev–Trinajstić information content (AvgIpc) is 2.62. The molecule has 0 amide bonds. The van der Waals surface area contributed by atoms with Gasteiger partial charge in [-0.15, -0.1) is 0 Å². The van der Waals surface area contributed by atoms with Crippen LogP contribution in [0, 0.1) is 0 Å². The second-order valence-electron chi connectivity index (χ2n) is 7.02. The van der Waals surface area contributed by atoms with E-state index in [1.54, 1.807) is 18.2 Å². The lowest BCUT2D eigenvalue weighted by molar-refractivity contribution is 0.0733. The summed E-state index contributed by atoms with van der Waals surface area (Å²) >= 11 is 0. The van der Waals surface area contributed by atoms with E-state index in [9.17, 15) is 4.79 Å². The van der Waals surface area contributed by atoms with Crippen LogP contribution < -0.4 is 9.47 Å². The molecule has 0 fully saturated rings. The third-order valence-corrected chi connectivity index (χ3v) is 4.35. The summed E-state index contributed by atoms with van der Waals surface area (Å²) in [5.74, 6) is 0.962. The minimum Gasteiger partial charge on any atom is -0.483 e. The zero-order chi connectivity index (χ0) is 18.6. The van der Waals surface area contributed by atoms with Crippen LogP contribution in [-0.2, 0) is 0 Å². The Labute approximate surface area is 155 Å². The Balaban J connectivity index is 1.70. The third kappa shape index (κ3) is 4.42. The third-order valence-electron chi connectivity index (χ3n) is 4.35. The number of hydrogen-bond donors (Lipinski definition) is 0. The molecule has 2 aromatic rings. The van der Waals surface area contributed by atoms with E-state index in [4.69, 9.17) is 9.47 Å². The standard InChI is InChI=1S/C23H24O3/c1-17(2)8-7-14-23(3)15-13-19-16-20(11-12-21(19)26-23)25-22(24)18-9-5-4-6-10-18/h4-6,8-13,15-16H,7,14H2,1-3H3. The Bertz CT molecular complexity index is 845. The summed E-state index contributed by atoms with van der Waals surface area (Å²) in [7, 11) is 0. The highest BCUT2D eigenvalue weighted by Crippen LogP contribution is 2.35. The van der Waals surface area contributed by atoms with Gasteiger partial charge in [0, 0.05) is 5.56 Å². The molecule has 0 aromatic heterocycles. The lowest BCUT2D eigenvalue weighted by Crippen LogP contribution is -2.31. The largest absolute Gasteiger partial charge is 0.483 e. The van der Waals surface area contributed by atoms with E-state index in [2.05, 4.69) is 32.9 Å². The van der Waals surface area contributed by atoms with E-state index in [1.165, 1.54) is 5.57 Å². The lowest BCUT2D eigenvalue weighted by atomic mass is 9.94. The molecule has 3 nitrogen and oxygen atoms in total. The highest BCUT2D eigenvalue weighted by atomic mass is 16.5. The van der Waals surface area contributed by atoms with Gasteiger partial charge in [-0.05, 0) is 70.0 Å². The molecule has 0 saturated heterocycles. The smallest absolute Gasteiger partial charge is 0.343 e. The van der Waals surface area contributed by atoms with E-state index in [0.29, 0.717) is 11.3 Å². The Kier molecular flexibility index (Phi) is 5.27. The summed E-state index contributed by atoms with van der Waals surface area (Å²) in [6.07, 6.45) is 8.24. The van der Waals surface area contributed by atoms with Gasteiger partial charge >= 0.3 is 5.97 Å². The first kappa shape index (κ1) is 18.0. The molecule has 0 radical (unpaired) electrons. The maximum atomic E-state index is 12.2. The monoisotopic (exact) mass is 348 g/mol. The van der Waals surface area contributed by atoms with Gasteiger partial charge in [0.2, 0.25) is 0 Å². The summed E-state index contributed by atoms with van der Waals surface area (Å²) in [4.78, 5) is 12.2. The molecular formula is C23H24O3. The number of hydrogen-bond acceptors (Lipinski definition) is 3. The zero-order valence-electron chi connectivity index (χ0n) is 15.5. The van der Waals surface area contributed by atoms with Crippen molar-refractivity contribution in [2.45, 2.75) is 39.2 Å². The van der Waals surface area contributed by atoms with Crippen molar-refractivity contribution >= 4 is 12.0 Å². The van der Waals surface area contributed by atoms with E-state index >= 15 is 0 Å². The van der Waals surface area contributed by atoms with Crippen LogP contribution >= 0.6 is 0 Å². The Morgan fingerprint density at radius 1 is 1.15 bits per heavy atom. The number of rotatable bonds is 5. The summed E-state index contributed by atoms with van der Waals surface area (Å²) < 4.78 is 11.7. The van der Waals surface area contributed by atoms with Crippen molar-refractivity contribution in [3.63, 3.8) is 0 Å². The molecule has 26 heavy (non-hydrogen) atoms. The van der Waals surface area contributed by atoms with Crippen LogP contribution in [0.3, 0.4) is 0 Å². The second-order valence-corrected chi connectivity index (χ2v) is 7.02. The molecule has 0 bridgehead atoms.